The summed E-state index contributed by atoms with van der Waals surface area (Å²) in [5.41, 5.74) is 6.73. The van der Waals surface area contributed by atoms with Crippen LogP contribution in [0.3, 0.4) is 0 Å². The summed E-state index contributed by atoms with van der Waals surface area (Å²) in [6.45, 7) is 1.03. The number of nitrogens with two attached hydrogens (primary N) is 1. The molecule has 3 rings (SSSR count). The molecule has 0 amide bonds. The van der Waals surface area contributed by atoms with E-state index in [1.807, 2.05) is 0 Å². The first kappa shape index (κ1) is 16.4. The van der Waals surface area contributed by atoms with Crippen LogP contribution in [0.4, 0.5) is 5.69 Å². The van der Waals surface area contributed by atoms with Crippen molar-refractivity contribution in [3.63, 3.8) is 0 Å². The zero-order valence-electron chi connectivity index (χ0n) is 12.6. The highest BCUT2D eigenvalue weighted by Gasteiger charge is 2.22. The van der Waals surface area contributed by atoms with E-state index in [-0.39, 0.29) is 5.84 Å². The summed E-state index contributed by atoms with van der Waals surface area (Å²) in [5, 5.41) is 14.8. The lowest BCUT2D eigenvalue weighted by Crippen LogP contribution is -2.22. The molecule has 1 heterocycles. The average molecular weight is 350 g/mol. The Hall–Kier alpha value is -2.46. The smallest absolute Gasteiger partial charge is 0.170 e. The maximum absolute atomic E-state index is 10.2. The van der Waals surface area contributed by atoms with Crippen molar-refractivity contribution in [2.45, 2.75) is 4.90 Å². The van der Waals surface area contributed by atoms with Crippen LogP contribution < -0.4 is 20.5 Å². The molecular weight excluding hydrogens is 332 g/mol. The molecule has 9 heteroatoms. The molecule has 0 saturated heterocycles. The van der Waals surface area contributed by atoms with Crippen LogP contribution in [-0.2, 0) is 0 Å². The molecule has 1 aliphatic heterocycles. The summed E-state index contributed by atoms with van der Waals surface area (Å²) in [4.78, 5) is 0.352. The van der Waals surface area contributed by atoms with Gasteiger partial charge in [0.15, 0.2) is 5.84 Å². The van der Waals surface area contributed by atoms with Gasteiger partial charge in [0.25, 0.3) is 0 Å². The van der Waals surface area contributed by atoms with E-state index in [4.69, 9.17) is 15.7 Å². The summed E-state index contributed by atoms with van der Waals surface area (Å²) in [6, 6.07) is 11.8. The minimum Gasteiger partial charge on any atom is -0.457 e. The number of fused-ring (bicyclic) bond motifs is 1. The second kappa shape index (κ2) is 6.57. The molecule has 0 aromatic heterocycles. The van der Waals surface area contributed by atoms with Gasteiger partial charge in [-0.25, -0.2) is 4.72 Å². The molecule has 8 nitrogen and oxygen atoms in total. The number of anilines is 1. The monoisotopic (exact) mass is 350 g/mol. The molecule has 2 aromatic rings. The van der Waals surface area contributed by atoms with Gasteiger partial charge in [-0.15, -0.1) is 10.8 Å². The molecule has 0 aliphatic carbocycles. The van der Waals surface area contributed by atoms with Gasteiger partial charge in [-0.1, -0.05) is 17.3 Å². The van der Waals surface area contributed by atoms with Crippen molar-refractivity contribution in [2.24, 2.45) is 10.9 Å². The van der Waals surface area contributed by atoms with Crippen LogP contribution in [0.15, 0.2) is 52.5 Å². The van der Waals surface area contributed by atoms with Crippen molar-refractivity contribution in [1.82, 2.24) is 4.72 Å². The summed E-state index contributed by atoms with van der Waals surface area (Å²) < 4.78 is 28.9. The highest BCUT2D eigenvalue weighted by Crippen LogP contribution is 2.50. The molecule has 0 fully saturated rings. The summed E-state index contributed by atoms with van der Waals surface area (Å²) in [6.07, 6.45) is 0. The van der Waals surface area contributed by atoms with Gasteiger partial charge in [-0.05, 0) is 24.3 Å². The van der Waals surface area contributed by atoms with Crippen LogP contribution in [0.2, 0.25) is 0 Å². The topological polar surface area (TPSA) is 132 Å². The van der Waals surface area contributed by atoms with Gasteiger partial charge < -0.3 is 21.0 Å². The third kappa shape index (κ3) is 3.39. The van der Waals surface area contributed by atoms with E-state index in [0.717, 1.165) is 0 Å². The maximum Gasteiger partial charge on any atom is 0.170 e. The third-order valence-corrected chi connectivity index (χ3v) is 5.03. The molecule has 0 atom stereocenters. The first-order valence-electron chi connectivity index (χ1n) is 7.16. The molecule has 0 radical (unpaired) electrons. The zero-order valence-corrected chi connectivity index (χ0v) is 13.5. The fourth-order valence-electron chi connectivity index (χ4n) is 2.33. The second-order valence-corrected chi connectivity index (χ2v) is 6.97. The Morgan fingerprint density at radius 1 is 1.12 bits per heavy atom. The molecule has 0 unspecified atom stereocenters. The lowest BCUT2D eigenvalue weighted by atomic mass is 10.2. The Balaban J connectivity index is 1.91. The predicted octanol–water partition coefficient (Wildman–Crippen LogP) is 2.61. The SMILES string of the molecule is N/C(=N\O)c1cccc(Oc2ccc3c(c2)S(O)(O)NCCN3)c1. The molecule has 7 N–H and O–H groups in total. The quantitative estimate of drug-likeness (QED) is 0.217. The number of rotatable bonds is 3. The summed E-state index contributed by atoms with van der Waals surface area (Å²) >= 11 is 0. The van der Waals surface area contributed by atoms with Crippen molar-refractivity contribution < 1.29 is 19.0 Å². The highest BCUT2D eigenvalue weighted by molar-refractivity contribution is 8.22. The summed E-state index contributed by atoms with van der Waals surface area (Å²) in [7, 11) is -3.08. The minimum atomic E-state index is -3.08. The van der Waals surface area contributed by atoms with Crippen LogP contribution in [0, 0.1) is 0 Å². The van der Waals surface area contributed by atoms with Crippen molar-refractivity contribution in [3.8, 4) is 11.5 Å². The fraction of sp³-hybridized carbons (Fsp3) is 0.133. The number of ether oxygens (including phenoxy) is 1. The first-order valence-corrected chi connectivity index (χ1v) is 8.71. The highest BCUT2D eigenvalue weighted by atomic mass is 32.3. The van der Waals surface area contributed by atoms with Gasteiger partial charge in [0.1, 0.15) is 16.4 Å². The fourth-order valence-corrected chi connectivity index (χ4v) is 3.60. The van der Waals surface area contributed by atoms with E-state index < -0.39 is 10.8 Å². The number of hydrogen-bond donors (Lipinski definition) is 6. The Morgan fingerprint density at radius 2 is 1.92 bits per heavy atom. The Kier molecular flexibility index (Phi) is 4.49. The van der Waals surface area contributed by atoms with E-state index in [0.29, 0.717) is 40.7 Å². The van der Waals surface area contributed by atoms with Crippen LogP contribution in [0.5, 0.6) is 11.5 Å². The van der Waals surface area contributed by atoms with Crippen LogP contribution >= 0.6 is 10.8 Å². The van der Waals surface area contributed by atoms with Crippen molar-refractivity contribution in [2.75, 3.05) is 18.4 Å². The second-order valence-electron chi connectivity index (χ2n) is 5.14. The number of oxime groups is 1. The normalized spacial score (nSPS) is 18.0. The van der Waals surface area contributed by atoms with Crippen LogP contribution in [-0.4, -0.2) is 33.2 Å². The van der Waals surface area contributed by atoms with E-state index in [2.05, 4.69) is 15.2 Å². The van der Waals surface area contributed by atoms with Gasteiger partial charge in [0.2, 0.25) is 0 Å². The predicted molar refractivity (Wildman–Crippen MR) is 93.1 cm³/mol. The van der Waals surface area contributed by atoms with E-state index >= 15 is 0 Å². The standard InChI is InChI=1S/C15H18N4O4S/c16-15(19-20)10-2-1-3-11(8-10)23-12-4-5-13-14(9-12)24(21,22)18-7-6-17-13/h1-5,8-9,17-18,20-22H,6-7H2,(H2,16,19). The Bertz CT molecular complexity index is 782. The number of nitrogens with zero attached hydrogens (tertiary/aromatic N) is 1. The Labute approximate surface area is 140 Å². The minimum absolute atomic E-state index is 0.0232. The maximum atomic E-state index is 10.2. The van der Waals surface area contributed by atoms with E-state index in [1.54, 1.807) is 42.5 Å². The molecule has 0 saturated carbocycles. The lowest BCUT2D eigenvalue weighted by molar-refractivity contribution is 0.318. The number of hydrogen-bond acceptors (Lipinski definition) is 7. The molecule has 0 bridgehead atoms. The van der Waals surface area contributed by atoms with Crippen LogP contribution in [0.25, 0.3) is 0 Å². The van der Waals surface area contributed by atoms with Crippen molar-refractivity contribution >= 4 is 22.3 Å². The van der Waals surface area contributed by atoms with Gasteiger partial charge >= 0.3 is 0 Å². The Morgan fingerprint density at radius 3 is 2.71 bits per heavy atom. The van der Waals surface area contributed by atoms with Gasteiger partial charge in [0.05, 0.1) is 5.69 Å². The number of amidine groups is 1. The number of nitrogens with one attached hydrogen (secondary N) is 2. The van der Waals surface area contributed by atoms with E-state index in [9.17, 15) is 9.11 Å². The van der Waals surface area contributed by atoms with Crippen molar-refractivity contribution in [1.29, 1.82) is 0 Å². The largest absolute Gasteiger partial charge is 0.457 e. The molecule has 24 heavy (non-hydrogen) atoms. The molecule has 2 aromatic carbocycles. The average Bonchev–Trinajstić information content (AvgIpc) is 2.73. The number of benzene rings is 2. The lowest BCUT2D eigenvalue weighted by Gasteiger charge is -2.32. The third-order valence-electron chi connectivity index (χ3n) is 3.48. The van der Waals surface area contributed by atoms with Gasteiger partial charge in [0, 0.05) is 24.7 Å². The first-order chi connectivity index (χ1) is 11.5. The molecule has 0 spiro atoms. The molecular formula is C15H18N4O4S. The zero-order chi connectivity index (χ0) is 17.2. The molecule has 1 aliphatic rings. The van der Waals surface area contributed by atoms with Gasteiger partial charge in [-0.2, -0.15) is 0 Å². The van der Waals surface area contributed by atoms with Gasteiger partial charge in [-0.3, -0.25) is 9.11 Å². The van der Waals surface area contributed by atoms with Crippen molar-refractivity contribution in [3.05, 3.63) is 48.0 Å². The van der Waals surface area contributed by atoms with E-state index in [1.165, 1.54) is 0 Å². The van der Waals surface area contributed by atoms with Crippen LogP contribution in [0.1, 0.15) is 5.56 Å². The molecule has 128 valence electrons. The summed E-state index contributed by atoms with van der Waals surface area (Å²) in [5.74, 6) is 0.894.